The maximum Gasteiger partial charge on any atom is 0.164 e. The van der Waals surface area contributed by atoms with Gasteiger partial charge in [-0.25, -0.2) is 15.0 Å². The predicted molar refractivity (Wildman–Crippen MR) is 201 cm³/mol. The Kier molecular flexibility index (Phi) is 6.39. The third-order valence-corrected chi connectivity index (χ3v) is 9.35. The van der Waals surface area contributed by atoms with Crippen molar-refractivity contribution in [3.8, 4) is 51.0 Å². The Morgan fingerprint density at radius 2 is 1.08 bits per heavy atom. The highest BCUT2D eigenvalue weighted by Crippen LogP contribution is 2.40. The summed E-state index contributed by atoms with van der Waals surface area (Å²) in [6.45, 7) is 0. The van der Waals surface area contributed by atoms with Crippen LogP contribution in [0.2, 0.25) is 0 Å². The van der Waals surface area contributed by atoms with Crippen molar-refractivity contribution in [2.75, 3.05) is 0 Å². The molecule has 10 rings (SSSR count). The number of hydrogen-bond donors (Lipinski definition) is 0. The Hall–Kier alpha value is -6.92. The molecule has 0 aliphatic carbocycles. The van der Waals surface area contributed by atoms with Crippen molar-refractivity contribution >= 4 is 43.7 Å². The van der Waals surface area contributed by atoms with Crippen LogP contribution in [0.25, 0.3) is 94.7 Å². The number of para-hydroxylation sites is 1. The number of hydrogen-bond acceptors (Lipinski definition) is 5. The highest BCUT2D eigenvalue weighted by molar-refractivity contribution is 6.14. The van der Waals surface area contributed by atoms with Gasteiger partial charge in [0.15, 0.2) is 17.5 Å². The second-order valence-electron chi connectivity index (χ2n) is 12.3. The van der Waals surface area contributed by atoms with Crippen molar-refractivity contribution in [3.63, 3.8) is 0 Å². The molecule has 0 amide bonds. The molecule has 0 saturated heterocycles. The molecule has 234 valence electrons. The van der Waals surface area contributed by atoms with E-state index < -0.39 is 0 Å². The van der Waals surface area contributed by atoms with E-state index in [4.69, 9.17) is 19.4 Å². The largest absolute Gasteiger partial charge is 0.456 e. The van der Waals surface area contributed by atoms with Crippen LogP contribution < -0.4 is 0 Å². The highest BCUT2D eigenvalue weighted by Gasteiger charge is 2.19. The molecule has 0 unspecified atom stereocenters. The minimum atomic E-state index is 0.597. The van der Waals surface area contributed by atoms with Gasteiger partial charge in [0.2, 0.25) is 0 Å². The highest BCUT2D eigenvalue weighted by atomic mass is 16.3. The second-order valence-corrected chi connectivity index (χ2v) is 12.3. The third kappa shape index (κ3) is 4.58. The van der Waals surface area contributed by atoms with Gasteiger partial charge < -0.3 is 8.98 Å². The standard InChI is InChI=1S/C44H27N5O/c1-4-11-28(12-5-1)42-46-43(29-13-6-2-7-14-29)48-44(47-42)34-17-10-18-40-41(34)36-26-31(20-22-39(36)50-40)30-19-21-37-35(25-30)33-23-24-45-27-38(33)49(37)32-15-8-3-9-16-32/h1-27H. The minimum Gasteiger partial charge on any atom is -0.456 e. The molecule has 4 heterocycles. The summed E-state index contributed by atoms with van der Waals surface area (Å²) in [5, 5.41) is 4.32. The molecule has 0 aliphatic heterocycles. The van der Waals surface area contributed by atoms with Crippen LogP contribution in [0.4, 0.5) is 0 Å². The summed E-state index contributed by atoms with van der Waals surface area (Å²) in [6.07, 6.45) is 3.81. The molecular weight excluding hydrogens is 615 g/mol. The summed E-state index contributed by atoms with van der Waals surface area (Å²) in [5.41, 5.74) is 9.88. The molecule has 0 bridgehead atoms. The number of furan rings is 1. The van der Waals surface area contributed by atoms with Gasteiger partial charge in [0.1, 0.15) is 11.2 Å². The summed E-state index contributed by atoms with van der Waals surface area (Å²) >= 11 is 0. The maximum atomic E-state index is 6.43. The molecule has 10 aromatic rings. The number of benzene rings is 6. The Bertz CT molecular complexity index is 2800. The van der Waals surface area contributed by atoms with Crippen LogP contribution in [0.3, 0.4) is 0 Å². The maximum absolute atomic E-state index is 6.43. The van der Waals surface area contributed by atoms with Gasteiger partial charge in [0, 0.05) is 50.1 Å². The summed E-state index contributed by atoms with van der Waals surface area (Å²) in [6, 6.07) is 51.8. The van der Waals surface area contributed by atoms with E-state index in [2.05, 4.69) is 82.3 Å². The topological polar surface area (TPSA) is 69.6 Å². The van der Waals surface area contributed by atoms with Crippen molar-refractivity contribution in [1.82, 2.24) is 24.5 Å². The first-order chi connectivity index (χ1) is 24.8. The van der Waals surface area contributed by atoms with E-state index >= 15 is 0 Å². The zero-order chi connectivity index (χ0) is 33.0. The molecule has 6 nitrogen and oxygen atoms in total. The van der Waals surface area contributed by atoms with Crippen molar-refractivity contribution in [2.24, 2.45) is 0 Å². The van der Waals surface area contributed by atoms with E-state index in [-0.39, 0.29) is 0 Å². The number of rotatable bonds is 5. The number of aromatic nitrogens is 5. The van der Waals surface area contributed by atoms with E-state index in [0.717, 1.165) is 71.9 Å². The van der Waals surface area contributed by atoms with Gasteiger partial charge in [-0.3, -0.25) is 4.98 Å². The van der Waals surface area contributed by atoms with Crippen LogP contribution in [0.1, 0.15) is 0 Å². The van der Waals surface area contributed by atoms with Gasteiger partial charge >= 0.3 is 0 Å². The lowest BCUT2D eigenvalue weighted by Gasteiger charge is -2.09. The zero-order valence-corrected chi connectivity index (χ0v) is 26.7. The fourth-order valence-corrected chi connectivity index (χ4v) is 7.03. The molecule has 6 aromatic carbocycles. The van der Waals surface area contributed by atoms with Crippen LogP contribution in [0, 0.1) is 0 Å². The van der Waals surface area contributed by atoms with Gasteiger partial charge in [-0.05, 0) is 59.7 Å². The normalized spacial score (nSPS) is 11.6. The van der Waals surface area contributed by atoms with Crippen LogP contribution >= 0.6 is 0 Å². The van der Waals surface area contributed by atoms with Crippen LogP contribution in [0.5, 0.6) is 0 Å². The number of pyridine rings is 1. The lowest BCUT2D eigenvalue weighted by Crippen LogP contribution is -2.00. The van der Waals surface area contributed by atoms with Gasteiger partial charge in [-0.2, -0.15) is 0 Å². The number of fused-ring (bicyclic) bond motifs is 6. The first kappa shape index (κ1) is 28.1. The Morgan fingerprint density at radius 1 is 0.440 bits per heavy atom. The van der Waals surface area contributed by atoms with E-state index in [9.17, 15) is 0 Å². The number of nitrogens with zero attached hydrogens (tertiary/aromatic N) is 5. The SMILES string of the molecule is c1ccc(-c2nc(-c3ccccc3)nc(-c3cccc4oc5ccc(-c6ccc7c(c6)c6ccncc6n7-c6ccccc6)cc5c34)n2)cc1. The smallest absolute Gasteiger partial charge is 0.164 e. The molecule has 0 aliphatic rings. The first-order valence-electron chi connectivity index (χ1n) is 16.5. The van der Waals surface area contributed by atoms with Crippen LogP contribution in [-0.4, -0.2) is 24.5 Å². The average Bonchev–Trinajstić information content (AvgIpc) is 3.74. The van der Waals surface area contributed by atoms with E-state index in [1.807, 2.05) is 91.3 Å². The lowest BCUT2D eigenvalue weighted by atomic mass is 9.99. The molecule has 50 heavy (non-hydrogen) atoms. The van der Waals surface area contributed by atoms with E-state index in [1.54, 1.807) is 0 Å². The van der Waals surface area contributed by atoms with Crippen molar-refractivity contribution in [2.45, 2.75) is 0 Å². The summed E-state index contributed by atoms with van der Waals surface area (Å²) in [7, 11) is 0. The summed E-state index contributed by atoms with van der Waals surface area (Å²) in [4.78, 5) is 19.4. The average molecular weight is 642 g/mol. The van der Waals surface area contributed by atoms with E-state index in [1.165, 1.54) is 5.39 Å². The monoisotopic (exact) mass is 641 g/mol. The Morgan fingerprint density at radius 3 is 1.80 bits per heavy atom. The van der Waals surface area contributed by atoms with Crippen LogP contribution in [0.15, 0.2) is 168 Å². The van der Waals surface area contributed by atoms with Crippen molar-refractivity contribution in [3.05, 3.63) is 164 Å². The fraction of sp³-hybridized carbons (Fsp3) is 0. The predicted octanol–water partition coefficient (Wildman–Crippen LogP) is 10.9. The molecule has 0 N–H and O–H groups in total. The minimum absolute atomic E-state index is 0.597. The first-order valence-corrected chi connectivity index (χ1v) is 16.5. The Labute approximate surface area is 287 Å². The zero-order valence-electron chi connectivity index (χ0n) is 26.7. The van der Waals surface area contributed by atoms with E-state index in [0.29, 0.717) is 17.5 Å². The quantitative estimate of drug-likeness (QED) is 0.187. The van der Waals surface area contributed by atoms with Crippen molar-refractivity contribution in [1.29, 1.82) is 0 Å². The van der Waals surface area contributed by atoms with Gasteiger partial charge in [-0.15, -0.1) is 0 Å². The fourth-order valence-electron chi connectivity index (χ4n) is 7.03. The second kappa shape index (κ2) is 11.4. The molecule has 0 saturated carbocycles. The van der Waals surface area contributed by atoms with Gasteiger partial charge in [-0.1, -0.05) is 103 Å². The molecule has 0 spiro atoms. The Balaban J connectivity index is 1.16. The molecule has 6 heteroatoms. The molecule has 0 atom stereocenters. The van der Waals surface area contributed by atoms with Crippen molar-refractivity contribution < 1.29 is 4.42 Å². The van der Waals surface area contributed by atoms with Gasteiger partial charge in [0.05, 0.1) is 17.2 Å². The molecule has 0 radical (unpaired) electrons. The van der Waals surface area contributed by atoms with Crippen LogP contribution in [-0.2, 0) is 0 Å². The lowest BCUT2D eigenvalue weighted by molar-refractivity contribution is 0.669. The molecule has 0 fully saturated rings. The van der Waals surface area contributed by atoms with Gasteiger partial charge in [0.25, 0.3) is 0 Å². The molecule has 4 aromatic heterocycles. The molecular formula is C44H27N5O. The summed E-state index contributed by atoms with van der Waals surface area (Å²) < 4.78 is 8.71. The third-order valence-electron chi connectivity index (χ3n) is 9.35. The summed E-state index contributed by atoms with van der Waals surface area (Å²) in [5.74, 6) is 1.84.